The number of carbonyl (C=O) groups is 2. The zero-order valence-electron chi connectivity index (χ0n) is 25.9. The Balaban J connectivity index is 0.00000529. The van der Waals surface area contributed by atoms with Crippen LogP contribution >= 0.6 is 0 Å². The van der Waals surface area contributed by atoms with Gasteiger partial charge in [-0.15, -0.1) is 0 Å². The monoisotopic (exact) mass is 716 g/mol. The third kappa shape index (κ3) is 11.6. The second-order valence-electron chi connectivity index (χ2n) is 10.9. The summed E-state index contributed by atoms with van der Waals surface area (Å²) in [5.41, 5.74) is 4.49. The van der Waals surface area contributed by atoms with Crippen LogP contribution in [-0.4, -0.2) is 49.6 Å². The van der Waals surface area contributed by atoms with E-state index in [-0.39, 0.29) is 55.2 Å². The maximum absolute atomic E-state index is 12.7. The number of nitrogens with zero attached hydrogens (tertiary/aromatic N) is 2. The van der Waals surface area contributed by atoms with E-state index in [0.29, 0.717) is 26.2 Å². The molecule has 0 saturated carbocycles. The Morgan fingerprint density at radius 2 is 1.61 bits per heavy atom. The molecule has 0 spiro atoms. The van der Waals surface area contributed by atoms with Gasteiger partial charge in [0.15, 0.2) is 12.5 Å². The second kappa shape index (κ2) is 19.5. The summed E-state index contributed by atoms with van der Waals surface area (Å²) >= 11 is 0. The minimum atomic E-state index is -0.631. The van der Waals surface area contributed by atoms with Crippen LogP contribution in [-0.2, 0) is 43.4 Å². The fraction of sp³-hybridized carbons (Fsp3) is 0.457. The van der Waals surface area contributed by atoms with E-state index >= 15 is 0 Å². The number of amides is 2. The van der Waals surface area contributed by atoms with Crippen molar-refractivity contribution in [3.63, 3.8) is 0 Å². The van der Waals surface area contributed by atoms with Crippen LogP contribution in [0, 0.1) is 5.92 Å². The van der Waals surface area contributed by atoms with Crippen LogP contribution in [0.1, 0.15) is 57.2 Å². The highest BCUT2D eigenvalue weighted by molar-refractivity contribution is 5.90. The Kier molecular flexibility index (Phi) is 15.8. The molecule has 238 valence electrons. The quantitative estimate of drug-likeness (QED) is 0.129. The van der Waals surface area contributed by atoms with Gasteiger partial charge in [0.05, 0.1) is 19.8 Å². The third-order valence-corrected chi connectivity index (χ3v) is 7.60. The number of pyridine rings is 1. The molecule has 2 heterocycles. The predicted molar refractivity (Wildman–Crippen MR) is 164 cm³/mol. The third-order valence-electron chi connectivity index (χ3n) is 7.60. The van der Waals surface area contributed by atoms with E-state index in [9.17, 15) is 9.59 Å². The molecule has 1 aliphatic heterocycles. The molecule has 3 aromatic rings. The molecular weight excluding hydrogens is 671 g/mol. The topological polar surface area (TPSA) is 78.2 Å². The first-order valence-electron chi connectivity index (χ1n) is 15.4. The molecule has 1 fully saturated rings. The van der Waals surface area contributed by atoms with Crippen molar-refractivity contribution in [1.29, 1.82) is 0 Å². The molecule has 4 rings (SSSR count). The highest BCUT2D eigenvalue weighted by atomic mass is 127. The molecular formula is C35H45IN2O6. The average Bonchev–Trinajstić information content (AvgIpc) is 3.50. The maximum atomic E-state index is 12.7. The zero-order valence-corrected chi connectivity index (χ0v) is 28.0. The standard InChI is InChI=1S/C35H45N2O6.HI/c1-3-36-20-10-9-15-33(36)24-37(28(2)38)35(39)43-27-30-23-34(42-26-30)41-22-12-5-4-11-21-40-25-29-16-18-32(19-17-29)31-13-7-6-8-14-31;/h6-10,13-20,30,34H,3-5,11-12,21-27H2,1-2H3;1H/q+1;/p-1. The summed E-state index contributed by atoms with van der Waals surface area (Å²) in [6, 6.07) is 24.7. The summed E-state index contributed by atoms with van der Waals surface area (Å²) < 4.78 is 25.0. The summed E-state index contributed by atoms with van der Waals surface area (Å²) in [5, 5.41) is 0. The predicted octanol–water partition coefficient (Wildman–Crippen LogP) is 3.31. The number of hydrogen-bond acceptors (Lipinski definition) is 6. The molecule has 0 bridgehead atoms. The minimum absolute atomic E-state index is 0. The molecule has 2 amide bonds. The van der Waals surface area contributed by atoms with E-state index < -0.39 is 6.09 Å². The van der Waals surface area contributed by atoms with Crippen LogP contribution in [0.15, 0.2) is 79.0 Å². The molecule has 44 heavy (non-hydrogen) atoms. The van der Waals surface area contributed by atoms with E-state index in [1.165, 1.54) is 23.6 Å². The fourth-order valence-corrected chi connectivity index (χ4v) is 5.07. The molecule has 2 aromatic carbocycles. The maximum Gasteiger partial charge on any atom is 0.417 e. The number of hydrogen-bond donors (Lipinski definition) is 0. The van der Waals surface area contributed by atoms with Gasteiger partial charge in [0.1, 0.15) is 13.1 Å². The number of rotatable bonds is 16. The van der Waals surface area contributed by atoms with Crippen LogP contribution in [0.5, 0.6) is 0 Å². The van der Waals surface area contributed by atoms with Crippen molar-refractivity contribution in [3.05, 3.63) is 90.3 Å². The molecule has 2 unspecified atom stereocenters. The van der Waals surface area contributed by atoms with Crippen LogP contribution in [0.2, 0.25) is 0 Å². The SMILES string of the molecule is CC[n+]1ccccc1CN(C(C)=O)C(=O)OCC1COC(OCCCCCCOCc2ccc(-c3ccccc3)cc2)C1.[I-]. The highest BCUT2D eigenvalue weighted by Crippen LogP contribution is 2.22. The summed E-state index contributed by atoms with van der Waals surface area (Å²) in [6.07, 6.45) is 5.84. The molecule has 1 saturated heterocycles. The summed E-state index contributed by atoms with van der Waals surface area (Å²) in [5.74, 6) is -0.299. The molecule has 0 radical (unpaired) electrons. The van der Waals surface area contributed by atoms with Crippen LogP contribution in [0.4, 0.5) is 4.79 Å². The first kappa shape index (κ1) is 35.6. The van der Waals surface area contributed by atoms with Crippen molar-refractivity contribution in [3.8, 4) is 11.1 Å². The Morgan fingerprint density at radius 1 is 0.909 bits per heavy atom. The first-order valence-corrected chi connectivity index (χ1v) is 15.4. The van der Waals surface area contributed by atoms with Crippen LogP contribution < -0.4 is 28.5 Å². The number of halogens is 1. The van der Waals surface area contributed by atoms with E-state index in [1.807, 2.05) is 42.0 Å². The van der Waals surface area contributed by atoms with Gasteiger partial charge in [0.2, 0.25) is 11.6 Å². The molecule has 9 heteroatoms. The fourth-order valence-electron chi connectivity index (χ4n) is 5.07. The highest BCUT2D eigenvalue weighted by Gasteiger charge is 2.29. The molecule has 1 aromatic heterocycles. The number of imide groups is 1. The minimum Gasteiger partial charge on any atom is -1.00 e. The Morgan fingerprint density at radius 3 is 2.34 bits per heavy atom. The lowest BCUT2D eigenvalue weighted by molar-refractivity contribution is -0.701. The van der Waals surface area contributed by atoms with E-state index in [1.54, 1.807) is 0 Å². The largest absolute Gasteiger partial charge is 1.00 e. The van der Waals surface area contributed by atoms with Gasteiger partial charge in [-0.25, -0.2) is 14.3 Å². The number of aromatic nitrogens is 1. The zero-order chi connectivity index (χ0) is 30.3. The van der Waals surface area contributed by atoms with E-state index in [0.717, 1.165) is 49.4 Å². The lowest BCUT2D eigenvalue weighted by atomic mass is 10.0. The van der Waals surface area contributed by atoms with Crippen molar-refractivity contribution < 1.29 is 57.1 Å². The smallest absolute Gasteiger partial charge is 0.417 e. The number of benzene rings is 2. The normalized spacial score (nSPS) is 15.9. The molecule has 0 aliphatic carbocycles. The number of unbranched alkanes of at least 4 members (excludes halogenated alkanes) is 3. The molecule has 1 aliphatic rings. The average molecular weight is 717 g/mol. The first-order chi connectivity index (χ1) is 21.0. The molecule has 2 atom stereocenters. The van der Waals surface area contributed by atoms with Crippen LogP contribution in [0.3, 0.4) is 0 Å². The Bertz CT molecular complexity index is 1270. The van der Waals surface area contributed by atoms with Gasteiger partial charge in [0, 0.05) is 44.6 Å². The van der Waals surface area contributed by atoms with Gasteiger partial charge in [-0.1, -0.05) is 73.5 Å². The summed E-state index contributed by atoms with van der Waals surface area (Å²) in [7, 11) is 0. The Hall–Kier alpha value is -2.86. The van der Waals surface area contributed by atoms with Gasteiger partial charge in [-0.3, -0.25) is 4.79 Å². The van der Waals surface area contributed by atoms with Crippen LogP contribution in [0.25, 0.3) is 11.1 Å². The van der Waals surface area contributed by atoms with Crippen molar-refractivity contribution >= 4 is 12.0 Å². The van der Waals surface area contributed by atoms with Gasteiger partial charge >= 0.3 is 6.09 Å². The molecule has 8 nitrogen and oxygen atoms in total. The van der Waals surface area contributed by atoms with Gasteiger partial charge in [-0.05, 0) is 36.5 Å². The lowest BCUT2D eigenvalue weighted by Crippen LogP contribution is -3.00. The van der Waals surface area contributed by atoms with Gasteiger partial charge in [0.25, 0.3) is 0 Å². The van der Waals surface area contributed by atoms with Crippen molar-refractivity contribution in [2.75, 3.05) is 26.4 Å². The number of carbonyl (C=O) groups excluding carboxylic acids is 2. The van der Waals surface area contributed by atoms with Gasteiger partial charge < -0.3 is 42.9 Å². The van der Waals surface area contributed by atoms with Crippen molar-refractivity contribution in [1.82, 2.24) is 4.90 Å². The summed E-state index contributed by atoms with van der Waals surface area (Å²) in [4.78, 5) is 26.0. The van der Waals surface area contributed by atoms with Crippen molar-refractivity contribution in [2.24, 2.45) is 5.92 Å². The van der Waals surface area contributed by atoms with E-state index in [2.05, 4.69) is 48.5 Å². The summed E-state index contributed by atoms with van der Waals surface area (Å²) in [6.45, 7) is 7.00. The Labute approximate surface area is 278 Å². The van der Waals surface area contributed by atoms with Gasteiger partial charge in [-0.2, -0.15) is 0 Å². The number of aryl methyl sites for hydroxylation is 1. The van der Waals surface area contributed by atoms with E-state index in [4.69, 9.17) is 18.9 Å². The second-order valence-corrected chi connectivity index (χ2v) is 10.9. The molecule has 0 N–H and O–H groups in total. The number of ether oxygens (including phenoxy) is 4. The lowest BCUT2D eigenvalue weighted by Gasteiger charge is -2.19. The van der Waals surface area contributed by atoms with Crippen molar-refractivity contribution in [2.45, 2.75) is 71.9 Å².